The van der Waals surface area contributed by atoms with Crippen LogP contribution in [0, 0.1) is 5.92 Å². The molecule has 0 aliphatic carbocycles. The molecule has 1 fully saturated rings. The fraction of sp³-hybridized carbons (Fsp3) is 0.526. The van der Waals surface area contributed by atoms with E-state index in [0.717, 1.165) is 44.0 Å². The van der Waals surface area contributed by atoms with Gasteiger partial charge in [0.1, 0.15) is 0 Å². The van der Waals surface area contributed by atoms with E-state index in [1.807, 2.05) is 31.2 Å². The number of rotatable bonds is 5. The van der Waals surface area contributed by atoms with Gasteiger partial charge < -0.3 is 19.7 Å². The summed E-state index contributed by atoms with van der Waals surface area (Å²) in [5.41, 5.74) is 1.71. The molecule has 1 heterocycles. The summed E-state index contributed by atoms with van der Waals surface area (Å²) in [6, 6.07) is 7.47. The van der Waals surface area contributed by atoms with E-state index in [2.05, 4.69) is 20.3 Å². The van der Waals surface area contributed by atoms with Crippen molar-refractivity contribution in [3.63, 3.8) is 0 Å². The number of nitrogens with one attached hydrogen (secondary N) is 2. The monoisotopic (exact) mass is 504 g/mol. The highest BCUT2D eigenvalue weighted by atomic mass is 127. The highest BCUT2D eigenvalue weighted by Gasteiger charge is 2.26. The zero-order chi connectivity index (χ0) is 19.6. The standard InChI is InChI=1S/C19H28N4O4.HI/c1-4-20-18(23-11-9-15(10-12-23)17(24)26-2)21-13-14-5-7-16(8-6-14)22-19(25)27-3;/h5-8,15H,4,9-13H2,1-3H3,(H,20,21)(H,22,25);1H. The van der Waals surface area contributed by atoms with Gasteiger partial charge in [-0.2, -0.15) is 0 Å². The zero-order valence-corrected chi connectivity index (χ0v) is 18.9. The van der Waals surface area contributed by atoms with Crippen molar-refractivity contribution in [1.29, 1.82) is 0 Å². The number of esters is 1. The molecule has 1 aliphatic rings. The number of hydrogen-bond acceptors (Lipinski definition) is 5. The predicted molar refractivity (Wildman–Crippen MR) is 119 cm³/mol. The van der Waals surface area contributed by atoms with Gasteiger partial charge >= 0.3 is 12.1 Å². The molecule has 1 saturated heterocycles. The van der Waals surface area contributed by atoms with Crippen LogP contribution in [0.2, 0.25) is 0 Å². The van der Waals surface area contributed by atoms with E-state index < -0.39 is 6.09 Å². The summed E-state index contributed by atoms with van der Waals surface area (Å²) in [7, 11) is 2.76. The first-order valence-electron chi connectivity index (χ1n) is 9.12. The van der Waals surface area contributed by atoms with E-state index in [-0.39, 0.29) is 35.9 Å². The molecule has 1 aromatic rings. The average Bonchev–Trinajstić information content (AvgIpc) is 2.71. The number of hydrogen-bond donors (Lipinski definition) is 2. The molecule has 0 aromatic heterocycles. The molecule has 9 heteroatoms. The normalized spacial score (nSPS) is 14.7. The number of carbonyl (C=O) groups is 2. The van der Waals surface area contributed by atoms with Crippen molar-refractivity contribution in [2.45, 2.75) is 26.3 Å². The van der Waals surface area contributed by atoms with Crippen molar-refractivity contribution in [2.75, 3.05) is 39.2 Å². The lowest BCUT2D eigenvalue weighted by atomic mass is 9.97. The van der Waals surface area contributed by atoms with Crippen LogP contribution in [0.3, 0.4) is 0 Å². The van der Waals surface area contributed by atoms with E-state index in [0.29, 0.717) is 12.2 Å². The van der Waals surface area contributed by atoms with Gasteiger partial charge in [-0.1, -0.05) is 12.1 Å². The molecular weight excluding hydrogens is 475 g/mol. The molecule has 156 valence electrons. The maximum absolute atomic E-state index is 11.7. The van der Waals surface area contributed by atoms with Gasteiger partial charge in [-0.3, -0.25) is 10.1 Å². The molecule has 2 rings (SSSR count). The summed E-state index contributed by atoms with van der Waals surface area (Å²) in [5, 5.41) is 5.93. The minimum absolute atomic E-state index is 0. The number of aliphatic imine (C=N–C) groups is 1. The first kappa shape index (κ1) is 24.0. The number of guanidine groups is 1. The van der Waals surface area contributed by atoms with Gasteiger partial charge in [0, 0.05) is 25.3 Å². The molecule has 8 nitrogen and oxygen atoms in total. The Morgan fingerprint density at radius 1 is 1.14 bits per heavy atom. The number of methoxy groups -OCH3 is 2. The summed E-state index contributed by atoms with van der Waals surface area (Å²) in [6.07, 6.45) is 1.04. The number of carbonyl (C=O) groups excluding carboxylic acids is 2. The van der Waals surface area contributed by atoms with Gasteiger partial charge in [-0.25, -0.2) is 9.79 Å². The lowest BCUT2D eigenvalue weighted by molar-refractivity contribution is -0.146. The molecule has 0 bridgehead atoms. The second-order valence-electron chi connectivity index (χ2n) is 6.27. The first-order valence-corrected chi connectivity index (χ1v) is 9.12. The largest absolute Gasteiger partial charge is 0.469 e. The third-order valence-corrected chi connectivity index (χ3v) is 4.46. The Morgan fingerprint density at radius 2 is 1.79 bits per heavy atom. The van der Waals surface area contributed by atoms with Crippen LogP contribution in [-0.2, 0) is 20.8 Å². The van der Waals surface area contributed by atoms with E-state index in [1.165, 1.54) is 14.2 Å². The smallest absolute Gasteiger partial charge is 0.411 e. The number of likely N-dealkylation sites (tertiary alicyclic amines) is 1. The topological polar surface area (TPSA) is 92.3 Å². The first-order chi connectivity index (χ1) is 13.1. The second-order valence-corrected chi connectivity index (χ2v) is 6.27. The fourth-order valence-corrected chi connectivity index (χ4v) is 2.95. The van der Waals surface area contributed by atoms with Crippen LogP contribution in [0.5, 0.6) is 0 Å². The summed E-state index contributed by atoms with van der Waals surface area (Å²) in [4.78, 5) is 29.8. The summed E-state index contributed by atoms with van der Waals surface area (Å²) in [5.74, 6) is 0.693. The molecular formula is C19H29IN4O4. The van der Waals surface area contributed by atoms with Crippen molar-refractivity contribution in [2.24, 2.45) is 10.9 Å². The third-order valence-electron chi connectivity index (χ3n) is 4.46. The number of ether oxygens (including phenoxy) is 2. The van der Waals surface area contributed by atoms with Crippen molar-refractivity contribution in [3.8, 4) is 0 Å². The molecule has 1 amide bonds. The van der Waals surface area contributed by atoms with Crippen molar-refractivity contribution in [1.82, 2.24) is 10.2 Å². The highest BCUT2D eigenvalue weighted by Crippen LogP contribution is 2.19. The van der Waals surface area contributed by atoms with Gasteiger partial charge in [0.25, 0.3) is 0 Å². The maximum Gasteiger partial charge on any atom is 0.411 e. The molecule has 0 atom stereocenters. The Bertz CT molecular complexity index is 658. The Hall–Kier alpha value is -2.04. The van der Waals surface area contributed by atoms with Gasteiger partial charge in [0.05, 0.1) is 26.7 Å². The lowest BCUT2D eigenvalue weighted by Gasteiger charge is -2.33. The Labute approximate surface area is 183 Å². The molecule has 0 unspecified atom stereocenters. The SMILES string of the molecule is CCNC(=NCc1ccc(NC(=O)OC)cc1)N1CCC(C(=O)OC)CC1.I. The van der Waals surface area contributed by atoms with Crippen LogP contribution in [0.15, 0.2) is 29.3 Å². The van der Waals surface area contributed by atoms with Crippen molar-refractivity contribution < 1.29 is 19.1 Å². The van der Waals surface area contributed by atoms with Crippen LogP contribution in [0.1, 0.15) is 25.3 Å². The van der Waals surface area contributed by atoms with Crippen LogP contribution in [0.4, 0.5) is 10.5 Å². The van der Waals surface area contributed by atoms with Crippen LogP contribution >= 0.6 is 24.0 Å². The number of nitrogens with zero attached hydrogens (tertiary/aromatic N) is 2. The molecule has 2 N–H and O–H groups in total. The van der Waals surface area contributed by atoms with Crippen molar-refractivity contribution >= 4 is 47.7 Å². The van der Waals surface area contributed by atoms with E-state index in [1.54, 1.807) is 0 Å². The number of anilines is 1. The quantitative estimate of drug-likeness (QED) is 0.278. The van der Waals surface area contributed by atoms with Gasteiger partial charge in [-0.15, -0.1) is 24.0 Å². The molecule has 0 radical (unpaired) electrons. The minimum Gasteiger partial charge on any atom is -0.469 e. The molecule has 1 aliphatic heterocycles. The van der Waals surface area contributed by atoms with Gasteiger partial charge in [-0.05, 0) is 37.5 Å². The van der Waals surface area contributed by atoms with Crippen LogP contribution in [0.25, 0.3) is 0 Å². The Balaban J connectivity index is 0.00000392. The van der Waals surface area contributed by atoms with Gasteiger partial charge in [0.2, 0.25) is 0 Å². The highest BCUT2D eigenvalue weighted by molar-refractivity contribution is 14.0. The third kappa shape index (κ3) is 7.17. The van der Waals surface area contributed by atoms with E-state index in [9.17, 15) is 9.59 Å². The van der Waals surface area contributed by atoms with Crippen molar-refractivity contribution in [3.05, 3.63) is 29.8 Å². The number of amides is 1. The predicted octanol–water partition coefficient (Wildman–Crippen LogP) is 2.83. The minimum atomic E-state index is -0.495. The summed E-state index contributed by atoms with van der Waals surface area (Å²) < 4.78 is 9.41. The fourth-order valence-electron chi connectivity index (χ4n) is 2.95. The molecule has 0 saturated carbocycles. The second kappa shape index (κ2) is 12.4. The molecule has 1 aromatic carbocycles. The summed E-state index contributed by atoms with van der Waals surface area (Å²) in [6.45, 7) is 4.88. The Kier molecular flexibility index (Phi) is 10.6. The van der Waals surface area contributed by atoms with Gasteiger partial charge in [0.15, 0.2) is 5.96 Å². The number of halogens is 1. The average molecular weight is 504 g/mol. The number of piperidine rings is 1. The van der Waals surface area contributed by atoms with Crippen LogP contribution < -0.4 is 10.6 Å². The van der Waals surface area contributed by atoms with Crippen LogP contribution in [-0.4, -0.2) is 56.8 Å². The number of benzene rings is 1. The maximum atomic E-state index is 11.7. The lowest BCUT2D eigenvalue weighted by Crippen LogP contribution is -2.46. The Morgan fingerprint density at radius 3 is 2.32 bits per heavy atom. The molecule has 28 heavy (non-hydrogen) atoms. The van der Waals surface area contributed by atoms with E-state index >= 15 is 0 Å². The zero-order valence-electron chi connectivity index (χ0n) is 16.6. The summed E-state index contributed by atoms with van der Waals surface area (Å²) >= 11 is 0. The molecule has 0 spiro atoms. The van der Waals surface area contributed by atoms with E-state index in [4.69, 9.17) is 9.73 Å².